The maximum absolute atomic E-state index is 5.49. The van der Waals surface area contributed by atoms with Crippen LogP contribution in [-0.2, 0) is 22.4 Å². The number of benzene rings is 1. The van der Waals surface area contributed by atoms with Crippen molar-refractivity contribution in [1.29, 1.82) is 0 Å². The fourth-order valence-electron chi connectivity index (χ4n) is 3.67. The summed E-state index contributed by atoms with van der Waals surface area (Å²) < 4.78 is 10.9. The molecule has 8 nitrogen and oxygen atoms in total. The van der Waals surface area contributed by atoms with E-state index < -0.39 is 0 Å². The van der Waals surface area contributed by atoms with E-state index in [2.05, 4.69) is 50.1 Å². The molecule has 0 saturated carbocycles. The Hall–Kier alpha value is -2.42. The largest absolute Gasteiger partial charge is 0.379 e. The number of ether oxygens (including phenoxy) is 2. The Morgan fingerprint density at radius 1 is 0.967 bits per heavy atom. The molecule has 0 bridgehead atoms. The SMILES string of the molecule is Cc1cccc(CN=Nc2cc(N3CCOCC3)nc(CCN3CCOCC3)n2)c1. The quantitative estimate of drug-likeness (QED) is 0.654. The summed E-state index contributed by atoms with van der Waals surface area (Å²) in [6.07, 6.45) is 0.790. The molecule has 0 N–H and O–H groups in total. The van der Waals surface area contributed by atoms with Crippen LogP contribution in [0.25, 0.3) is 0 Å². The van der Waals surface area contributed by atoms with Crippen molar-refractivity contribution in [3.8, 4) is 0 Å². The van der Waals surface area contributed by atoms with Crippen LogP contribution in [0.15, 0.2) is 40.6 Å². The van der Waals surface area contributed by atoms with Gasteiger partial charge in [0.1, 0.15) is 11.6 Å². The van der Waals surface area contributed by atoms with Gasteiger partial charge in [0.05, 0.1) is 33.0 Å². The van der Waals surface area contributed by atoms with Crippen molar-refractivity contribution < 1.29 is 9.47 Å². The van der Waals surface area contributed by atoms with Gasteiger partial charge in [-0.05, 0) is 12.5 Å². The van der Waals surface area contributed by atoms with Crippen LogP contribution in [0.3, 0.4) is 0 Å². The molecule has 1 aromatic heterocycles. The molecule has 2 aromatic rings. The molecule has 30 heavy (non-hydrogen) atoms. The molecule has 2 aliphatic rings. The first kappa shape index (κ1) is 20.8. The molecular weight excluding hydrogens is 380 g/mol. The van der Waals surface area contributed by atoms with Crippen LogP contribution < -0.4 is 4.90 Å². The van der Waals surface area contributed by atoms with Crippen molar-refractivity contribution >= 4 is 11.6 Å². The first-order valence-corrected chi connectivity index (χ1v) is 10.7. The first-order chi connectivity index (χ1) is 14.8. The van der Waals surface area contributed by atoms with E-state index in [0.29, 0.717) is 12.4 Å². The zero-order chi connectivity index (χ0) is 20.6. The fourth-order valence-corrected chi connectivity index (χ4v) is 3.67. The predicted molar refractivity (Wildman–Crippen MR) is 115 cm³/mol. The van der Waals surface area contributed by atoms with E-state index in [9.17, 15) is 0 Å². The Labute approximate surface area is 177 Å². The van der Waals surface area contributed by atoms with Crippen molar-refractivity contribution in [2.24, 2.45) is 10.2 Å². The van der Waals surface area contributed by atoms with Gasteiger partial charge >= 0.3 is 0 Å². The van der Waals surface area contributed by atoms with E-state index in [4.69, 9.17) is 14.5 Å². The number of azo groups is 1. The molecule has 0 aliphatic carbocycles. The Kier molecular flexibility index (Phi) is 7.34. The molecule has 160 valence electrons. The van der Waals surface area contributed by atoms with Crippen LogP contribution in [0.4, 0.5) is 11.6 Å². The van der Waals surface area contributed by atoms with Crippen LogP contribution in [0.2, 0.25) is 0 Å². The van der Waals surface area contributed by atoms with Gasteiger partial charge in [-0.1, -0.05) is 29.8 Å². The highest BCUT2D eigenvalue weighted by Gasteiger charge is 2.16. The Morgan fingerprint density at radius 3 is 2.50 bits per heavy atom. The maximum atomic E-state index is 5.49. The van der Waals surface area contributed by atoms with E-state index in [0.717, 1.165) is 82.8 Å². The molecule has 4 rings (SSSR count). The molecule has 8 heteroatoms. The predicted octanol–water partition coefficient (Wildman–Crippen LogP) is 2.78. The summed E-state index contributed by atoms with van der Waals surface area (Å²) in [5.41, 5.74) is 2.37. The lowest BCUT2D eigenvalue weighted by Gasteiger charge is -2.28. The third-order valence-electron chi connectivity index (χ3n) is 5.34. The number of nitrogens with zero attached hydrogens (tertiary/aromatic N) is 6. The maximum Gasteiger partial charge on any atom is 0.179 e. The Balaban J connectivity index is 1.47. The van der Waals surface area contributed by atoms with Gasteiger partial charge in [0.2, 0.25) is 0 Å². The van der Waals surface area contributed by atoms with Crippen LogP contribution in [0.5, 0.6) is 0 Å². The average molecular weight is 411 g/mol. The number of hydrogen-bond donors (Lipinski definition) is 0. The molecule has 1 aromatic carbocycles. The molecule has 0 atom stereocenters. The number of aromatic nitrogens is 2. The van der Waals surface area contributed by atoms with Crippen molar-refractivity contribution in [2.45, 2.75) is 19.9 Å². The van der Waals surface area contributed by atoms with E-state index in [1.54, 1.807) is 0 Å². The third kappa shape index (κ3) is 6.04. The molecule has 2 saturated heterocycles. The summed E-state index contributed by atoms with van der Waals surface area (Å²) in [7, 11) is 0. The van der Waals surface area contributed by atoms with Crippen molar-refractivity contribution in [2.75, 3.05) is 64.1 Å². The van der Waals surface area contributed by atoms with Gasteiger partial charge < -0.3 is 14.4 Å². The summed E-state index contributed by atoms with van der Waals surface area (Å²) in [5.74, 6) is 2.35. The lowest BCUT2D eigenvalue weighted by molar-refractivity contribution is 0.0382. The smallest absolute Gasteiger partial charge is 0.179 e. The zero-order valence-corrected chi connectivity index (χ0v) is 17.7. The second kappa shape index (κ2) is 10.6. The molecule has 2 aliphatic heterocycles. The first-order valence-electron chi connectivity index (χ1n) is 10.7. The summed E-state index contributed by atoms with van der Waals surface area (Å²) in [6.45, 7) is 10.2. The highest BCUT2D eigenvalue weighted by Crippen LogP contribution is 2.20. The minimum absolute atomic E-state index is 0.543. The molecule has 0 radical (unpaired) electrons. The monoisotopic (exact) mass is 410 g/mol. The highest BCUT2D eigenvalue weighted by molar-refractivity contribution is 5.46. The lowest BCUT2D eigenvalue weighted by atomic mass is 10.1. The molecule has 0 amide bonds. The Bertz CT molecular complexity index is 847. The van der Waals surface area contributed by atoms with Crippen molar-refractivity contribution in [3.05, 3.63) is 47.3 Å². The van der Waals surface area contributed by atoms with Gasteiger partial charge in [0, 0.05) is 45.2 Å². The van der Waals surface area contributed by atoms with E-state index in [-0.39, 0.29) is 0 Å². The number of anilines is 1. The Morgan fingerprint density at radius 2 is 1.73 bits per heavy atom. The van der Waals surface area contributed by atoms with Crippen LogP contribution in [0, 0.1) is 6.92 Å². The summed E-state index contributed by atoms with van der Waals surface area (Å²) in [6, 6.07) is 10.3. The second-order valence-electron chi connectivity index (χ2n) is 7.69. The van der Waals surface area contributed by atoms with Gasteiger partial charge in [-0.2, -0.15) is 5.11 Å². The number of hydrogen-bond acceptors (Lipinski definition) is 8. The molecule has 0 unspecified atom stereocenters. The lowest BCUT2D eigenvalue weighted by Crippen LogP contribution is -2.38. The number of rotatable bonds is 7. The highest BCUT2D eigenvalue weighted by atomic mass is 16.5. The molecular formula is C22H30N6O2. The topological polar surface area (TPSA) is 75.4 Å². The second-order valence-corrected chi connectivity index (χ2v) is 7.69. The van der Waals surface area contributed by atoms with Crippen molar-refractivity contribution in [3.63, 3.8) is 0 Å². The van der Waals surface area contributed by atoms with Crippen LogP contribution in [-0.4, -0.2) is 74.0 Å². The summed E-state index contributed by atoms with van der Waals surface area (Å²) in [4.78, 5) is 14.1. The summed E-state index contributed by atoms with van der Waals surface area (Å²) in [5, 5.41) is 8.82. The normalized spacial score (nSPS) is 18.2. The minimum Gasteiger partial charge on any atom is -0.379 e. The standard InChI is InChI=1S/C22H30N6O2/c1-18-3-2-4-19(15-18)17-23-26-21-16-22(28-9-13-30-14-10-28)25-20(24-21)5-6-27-7-11-29-12-8-27/h2-4,15-16H,5-14,17H2,1H3. The number of morpholine rings is 2. The molecule has 3 heterocycles. The van der Waals surface area contributed by atoms with Gasteiger partial charge in [0.25, 0.3) is 0 Å². The van der Waals surface area contributed by atoms with Gasteiger partial charge in [-0.25, -0.2) is 9.97 Å². The van der Waals surface area contributed by atoms with E-state index in [1.807, 2.05) is 12.1 Å². The zero-order valence-electron chi connectivity index (χ0n) is 17.7. The van der Waals surface area contributed by atoms with E-state index in [1.165, 1.54) is 5.56 Å². The third-order valence-corrected chi connectivity index (χ3v) is 5.34. The van der Waals surface area contributed by atoms with Gasteiger partial charge in [0.15, 0.2) is 5.82 Å². The van der Waals surface area contributed by atoms with Crippen LogP contribution in [0.1, 0.15) is 17.0 Å². The fraction of sp³-hybridized carbons (Fsp3) is 0.545. The molecule has 0 spiro atoms. The minimum atomic E-state index is 0.543. The molecule has 2 fully saturated rings. The van der Waals surface area contributed by atoms with E-state index >= 15 is 0 Å². The van der Waals surface area contributed by atoms with Gasteiger partial charge in [-0.3, -0.25) is 4.90 Å². The average Bonchev–Trinajstić information content (AvgIpc) is 2.79. The van der Waals surface area contributed by atoms with Crippen LogP contribution >= 0.6 is 0 Å². The van der Waals surface area contributed by atoms with Gasteiger partial charge in [-0.15, -0.1) is 5.11 Å². The summed E-state index contributed by atoms with van der Waals surface area (Å²) >= 11 is 0. The number of aryl methyl sites for hydroxylation is 1. The van der Waals surface area contributed by atoms with Crippen molar-refractivity contribution in [1.82, 2.24) is 14.9 Å².